The van der Waals surface area contributed by atoms with Crippen molar-refractivity contribution < 1.29 is 18.3 Å². The van der Waals surface area contributed by atoms with E-state index in [4.69, 9.17) is 20.8 Å². The number of anilines is 1. The molecule has 168 valence electrons. The summed E-state index contributed by atoms with van der Waals surface area (Å²) in [5, 5.41) is 5.17. The minimum absolute atomic E-state index is 0.326. The van der Waals surface area contributed by atoms with Gasteiger partial charge in [0.1, 0.15) is 10.8 Å². The highest BCUT2D eigenvalue weighted by Crippen LogP contribution is 2.34. The van der Waals surface area contributed by atoms with Crippen molar-refractivity contribution >= 4 is 35.0 Å². The van der Waals surface area contributed by atoms with Crippen molar-refractivity contribution in [1.29, 1.82) is 0 Å². The second-order valence-electron chi connectivity index (χ2n) is 6.92. The minimum atomic E-state index is -0.380. The number of oxazole rings is 1. The molecule has 9 heteroatoms. The molecule has 0 aliphatic heterocycles. The zero-order valence-corrected chi connectivity index (χ0v) is 19.1. The molecule has 33 heavy (non-hydrogen) atoms. The number of pyridine rings is 1. The molecule has 4 rings (SSSR count). The van der Waals surface area contributed by atoms with E-state index in [1.54, 1.807) is 42.6 Å². The van der Waals surface area contributed by atoms with Crippen LogP contribution in [0.25, 0.3) is 11.5 Å². The van der Waals surface area contributed by atoms with Gasteiger partial charge in [0.25, 0.3) is 0 Å². The fourth-order valence-corrected chi connectivity index (χ4v) is 3.91. The summed E-state index contributed by atoms with van der Waals surface area (Å²) in [6, 6.07) is 16.6. The van der Waals surface area contributed by atoms with E-state index >= 15 is 0 Å². The number of hydrogen-bond donors (Lipinski definition) is 1. The molecule has 0 aliphatic rings. The van der Waals surface area contributed by atoms with Crippen molar-refractivity contribution in [2.45, 2.75) is 16.5 Å². The summed E-state index contributed by atoms with van der Waals surface area (Å²) in [5.41, 5.74) is 2.77. The van der Waals surface area contributed by atoms with E-state index in [-0.39, 0.29) is 11.8 Å². The fraction of sp³-hybridized carbons (Fsp3) is 0.125. The Labute approximate surface area is 199 Å². The van der Waals surface area contributed by atoms with Gasteiger partial charge in [0.05, 0.1) is 23.4 Å². The van der Waals surface area contributed by atoms with Crippen LogP contribution in [0.2, 0.25) is 5.02 Å². The summed E-state index contributed by atoms with van der Waals surface area (Å²) < 4.78 is 24.0. The van der Waals surface area contributed by atoms with E-state index in [0.717, 1.165) is 11.4 Å². The first-order chi connectivity index (χ1) is 16.0. The molecule has 0 unspecified atom stereocenters. The molecule has 0 spiro atoms. The molecule has 2 aromatic carbocycles. The molecule has 2 heterocycles. The number of methoxy groups -OCH3 is 1. The van der Waals surface area contributed by atoms with Crippen molar-refractivity contribution in [3.8, 4) is 11.5 Å². The molecule has 0 radical (unpaired) electrons. The molecule has 0 aliphatic carbocycles. The Morgan fingerprint density at radius 3 is 2.55 bits per heavy atom. The van der Waals surface area contributed by atoms with Crippen molar-refractivity contribution in [1.82, 2.24) is 9.97 Å². The first-order valence-corrected chi connectivity index (χ1v) is 11.2. The number of benzene rings is 2. The fourth-order valence-electron chi connectivity index (χ4n) is 2.98. The van der Waals surface area contributed by atoms with Crippen molar-refractivity contribution in [2.75, 3.05) is 19.0 Å². The largest absolute Gasteiger partial charge is 0.465 e. The highest BCUT2D eigenvalue weighted by molar-refractivity contribution is 7.99. The third kappa shape index (κ3) is 5.91. The lowest BCUT2D eigenvalue weighted by atomic mass is 10.2. The third-order valence-corrected chi connectivity index (χ3v) is 5.83. The number of halogens is 2. The topological polar surface area (TPSA) is 77.2 Å². The second-order valence-corrected chi connectivity index (χ2v) is 8.35. The van der Waals surface area contributed by atoms with Crippen LogP contribution in [0.15, 0.2) is 81.4 Å². The number of aromatic nitrogens is 2. The van der Waals surface area contributed by atoms with E-state index < -0.39 is 0 Å². The Balaban J connectivity index is 1.50. The second kappa shape index (κ2) is 10.5. The Hall–Kier alpha value is -3.36. The zero-order valence-electron chi connectivity index (χ0n) is 17.5. The normalized spacial score (nSPS) is 10.8. The lowest BCUT2D eigenvalue weighted by Crippen LogP contribution is -2.06. The molecule has 0 saturated heterocycles. The SMILES string of the molecule is COC(=O)c1ccc(NCCc2nc(-c3ccc(F)cc3)oc2Sc2ccc(Cl)cn2)cc1. The van der Waals surface area contributed by atoms with E-state index in [1.165, 1.54) is 31.0 Å². The molecule has 4 aromatic rings. The van der Waals surface area contributed by atoms with Gasteiger partial charge in [-0.25, -0.2) is 19.2 Å². The van der Waals surface area contributed by atoms with Crippen LogP contribution in [0.1, 0.15) is 16.1 Å². The van der Waals surface area contributed by atoms with Crippen molar-refractivity contribution in [3.63, 3.8) is 0 Å². The molecule has 0 saturated carbocycles. The molecular weight excluding hydrogens is 465 g/mol. The van der Waals surface area contributed by atoms with Gasteiger partial charge in [-0.2, -0.15) is 0 Å². The van der Waals surface area contributed by atoms with Gasteiger partial charge < -0.3 is 14.5 Å². The van der Waals surface area contributed by atoms with Gasteiger partial charge in [0, 0.05) is 30.4 Å². The number of hydrogen-bond acceptors (Lipinski definition) is 7. The van der Waals surface area contributed by atoms with Gasteiger partial charge in [-0.15, -0.1) is 0 Å². The summed E-state index contributed by atoms with van der Waals surface area (Å²) in [4.78, 5) is 20.5. The standard InChI is InChI=1S/C24H19ClFN3O3S/c1-31-23(30)16-4-9-19(10-5-16)27-13-12-20-24(33-21-11-6-17(25)14-28-21)32-22(29-20)15-2-7-18(26)8-3-15/h2-11,14,27H,12-13H2,1H3. The van der Waals surface area contributed by atoms with E-state index in [9.17, 15) is 9.18 Å². The number of carbonyl (C=O) groups is 1. The molecule has 0 amide bonds. The molecule has 6 nitrogen and oxygen atoms in total. The molecule has 0 atom stereocenters. The molecular formula is C24H19ClFN3O3S. The average molecular weight is 484 g/mol. The van der Waals surface area contributed by atoms with Gasteiger partial charge in [0.2, 0.25) is 5.89 Å². The molecule has 2 aromatic heterocycles. The predicted molar refractivity (Wildman–Crippen MR) is 125 cm³/mol. The summed E-state index contributed by atoms with van der Waals surface area (Å²) in [5.74, 6) is -0.299. The lowest BCUT2D eigenvalue weighted by molar-refractivity contribution is 0.0601. The number of nitrogens with one attached hydrogen (secondary N) is 1. The monoisotopic (exact) mass is 483 g/mol. The maximum Gasteiger partial charge on any atom is 0.337 e. The van der Waals surface area contributed by atoms with Crippen LogP contribution < -0.4 is 5.32 Å². The van der Waals surface area contributed by atoms with Gasteiger partial charge in [-0.1, -0.05) is 11.6 Å². The zero-order chi connectivity index (χ0) is 23.2. The van der Waals surface area contributed by atoms with Crippen LogP contribution in [-0.4, -0.2) is 29.6 Å². The average Bonchev–Trinajstić information content (AvgIpc) is 3.23. The van der Waals surface area contributed by atoms with Gasteiger partial charge in [0.15, 0.2) is 5.09 Å². The van der Waals surface area contributed by atoms with Crippen LogP contribution in [0.5, 0.6) is 0 Å². The Kier molecular flexibility index (Phi) is 7.26. The number of esters is 1. The molecule has 0 bridgehead atoms. The lowest BCUT2D eigenvalue weighted by Gasteiger charge is -2.07. The molecule has 0 fully saturated rings. The van der Waals surface area contributed by atoms with Crippen LogP contribution in [0.4, 0.5) is 10.1 Å². The highest BCUT2D eigenvalue weighted by atomic mass is 35.5. The molecule has 1 N–H and O–H groups in total. The first kappa shape index (κ1) is 22.8. The quantitative estimate of drug-likeness (QED) is 0.302. The minimum Gasteiger partial charge on any atom is -0.465 e. The van der Waals surface area contributed by atoms with Crippen molar-refractivity contribution in [3.05, 3.63) is 89.0 Å². The van der Waals surface area contributed by atoms with E-state index in [1.807, 2.05) is 12.1 Å². The van der Waals surface area contributed by atoms with Gasteiger partial charge in [-0.3, -0.25) is 0 Å². The van der Waals surface area contributed by atoms with Crippen LogP contribution in [0, 0.1) is 5.82 Å². The Morgan fingerprint density at radius 2 is 1.88 bits per heavy atom. The van der Waals surface area contributed by atoms with Gasteiger partial charge >= 0.3 is 5.97 Å². The maximum atomic E-state index is 13.3. The first-order valence-electron chi connectivity index (χ1n) is 9.99. The van der Waals surface area contributed by atoms with Gasteiger partial charge in [-0.05, 0) is 72.4 Å². The maximum absolute atomic E-state index is 13.3. The summed E-state index contributed by atoms with van der Waals surface area (Å²) >= 11 is 7.28. The summed E-state index contributed by atoms with van der Waals surface area (Å²) in [6.07, 6.45) is 2.14. The highest BCUT2D eigenvalue weighted by Gasteiger charge is 2.17. The number of rotatable bonds is 8. The Bertz CT molecular complexity index is 1230. The number of ether oxygens (including phenoxy) is 1. The number of nitrogens with zero attached hydrogens (tertiary/aromatic N) is 2. The summed E-state index contributed by atoms with van der Waals surface area (Å²) in [6.45, 7) is 0.578. The van der Waals surface area contributed by atoms with E-state index in [0.29, 0.717) is 45.1 Å². The third-order valence-electron chi connectivity index (χ3n) is 4.65. The van der Waals surface area contributed by atoms with E-state index in [2.05, 4.69) is 15.3 Å². The predicted octanol–water partition coefficient (Wildman–Crippen LogP) is 6.12. The van der Waals surface area contributed by atoms with Crippen LogP contribution in [-0.2, 0) is 11.2 Å². The van der Waals surface area contributed by atoms with Crippen molar-refractivity contribution in [2.24, 2.45) is 0 Å². The Morgan fingerprint density at radius 1 is 1.12 bits per heavy atom. The van der Waals surface area contributed by atoms with Crippen LogP contribution >= 0.6 is 23.4 Å². The summed E-state index contributed by atoms with van der Waals surface area (Å²) in [7, 11) is 1.35. The number of carbonyl (C=O) groups excluding carboxylic acids is 1. The smallest absolute Gasteiger partial charge is 0.337 e. The van der Waals surface area contributed by atoms with Crippen LogP contribution in [0.3, 0.4) is 0 Å².